The molecule has 7 heteroatoms. The maximum absolute atomic E-state index is 12.9. The maximum Gasteiger partial charge on any atom is 0.365 e. The lowest BCUT2D eigenvalue weighted by atomic mass is 10.1. The van der Waals surface area contributed by atoms with Crippen LogP contribution in [0.1, 0.15) is 18.2 Å². The normalized spacial score (nSPS) is 12.7. The monoisotopic (exact) mass is 235 g/mol. The van der Waals surface area contributed by atoms with Crippen LogP contribution in [0.4, 0.5) is 8.78 Å². The molecule has 1 rings (SSSR count). The van der Waals surface area contributed by atoms with E-state index in [0.29, 0.717) is 0 Å². The minimum Gasteiger partial charge on any atom is -0.399 e. The predicted octanol–water partition coefficient (Wildman–Crippen LogP) is 2.14. The highest BCUT2D eigenvalue weighted by Gasteiger charge is 2.33. The van der Waals surface area contributed by atoms with Crippen LogP contribution in [-0.2, 0) is 10.2 Å². The lowest BCUT2D eigenvalue weighted by Crippen LogP contribution is -2.14. The molecule has 0 amide bonds. The van der Waals surface area contributed by atoms with Gasteiger partial charge in [-0.25, -0.2) is 9.97 Å². The molecule has 0 unspecified atom stereocenters. The molecular weight excluding hydrogens is 228 g/mol. The van der Waals surface area contributed by atoms with Crippen molar-refractivity contribution in [1.29, 1.82) is 0 Å². The zero-order chi connectivity index (χ0) is 11.5. The van der Waals surface area contributed by atoms with E-state index in [1.54, 1.807) is 0 Å². The second-order valence-electron chi connectivity index (χ2n) is 2.64. The molecule has 0 N–H and O–H groups in total. The van der Waals surface area contributed by atoms with E-state index in [1.165, 1.54) is 20.2 Å². The summed E-state index contributed by atoms with van der Waals surface area (Å²) in [5.74, 6) is 0. The van der Waals surface area contributed by atoms with Gasteiger partial charge < -0.3 is 4.84 Å². The largest absolute Gasteiger partial charge is 0.399 e. The van der Waals surface area contributed by atoms with Crippen LogP contribution in [0.5, 0.6) is 0 Å². The molecule has 1 aromatic rings. The number of alkyl halides is 3. The molecule has 0 bridgehead atoms. The molecular formula is C8H8ClF2N3O. The molecule has 0 spiro atoms. The highest BCUT2D eigenvalue weighted by molar-refractivity contribution is 6.22. The smallest absolute Gasteiger partial charge is 0.365 e. The second kappa shape index (κ2) is 4.48. The number of nitrogens with zero attached hydrogens (tertiary/aromatic N) is 3. The number of halogens is 3. The Bertz CT molecular complexity index is 378. The molecule has 1 heterocycles. The summed E-state index contributed by atoms with van der Waals surface area (Å²) in [7, 11) is 1.31. The number of hydrogen-bond acceptors (Lipinski definition) is 4. The van der Waals surface area contributed by atoms with Gasteiger partial charge in [-0.1, -0.05) is 5.16 Å². The number of oxime groups is 1. The van der Waals surface area contributed by atoms with Gasteiger partial charge in [0.1, 0.15) is 19.1 Å². The first kappa shape index (κ1) is 11.8. The minimum atomic E-state index is -3.55. The predicted molar refractivity (Wildman–Crippen MR) is 51.0 cm³/mol. The van der Waals surface area contributed by atoms with Gasteiger partial charge in [-0.2, -0.15) is 8.78 Å². The molecule has 0 saturated heterocycles. The van der Waals surface area contributed by atoms with Gasteiger partial charge in [-0.15, -0.1) is 0 Å². The molecule has 4 nitrogen and oxygen atoms in total. The first-order valence-electron chi connectivity index (χ1n) is 3.92. The van der Waals surface area contributed by atoms with Crippen LogP contribution in [-0.4, -0.2) is 22.8 Å². The second-order valence-corrected chi connectivity index (χ2v) is 3.12. The van der Waals surface area contributed by atoms with Crippen molar-refractivity contribution in [3.8, 4) is 0 Å². The van der Waals surface area contributed by atoms with Crippen LogP contribution in [0.3, 0.4) is 0 Å². The molecule has 15 heavy (non-hydrogen) atoms. The van der Waals surface area contributed by atoms with Gasteiger partial charge >= 0.3 is 5.38 Å². The van der Waals surface area contributed by atoms with Crippen molar-refractivity contribution in [1.82, 2.24) is 9.97 Å². The Kier molecular flexibility index (Phi) is 3.52. The Morgan fingerprint density at radius 2 is 2.27 bits per heavy atom. The molecule has 0 atom stereocenters. The molecule has 0 aromatic carbocycles. The van der Waals surface area contributed by atoms with Crippen LogP contribution in [0.25, 0.3) is 0 Å². The fraction of sp³-hybridized carbons (Fsp3) is 0.375. The standard InChI is InChI=1S/C8H8ClF2N3O/c1-5(14-15-2)6-3-12-4-13-7(6)8(9,10)11/h3-4H,1-2H3/b14-5+. The SMILES string of the molecule is CO/N=C(\C)c1cncnc1C(F)(F)Cl. The fourth-order valence-electron chi connectivity index (χ4n) is 1.01. The summed E-state index contributed by atoms with van der Waals surface area (Å²) < 4.78 is 25.8. The third-order valence-corrected chi connectivity index (χ3v) is 1.78. The summed E-state index contributed by atoms with van der Waals surface area (Å²) in [6.45, 7) is 1.49. The average molecular weight is 236 g/mol. The number of aromatic nitrogens is 2. The summed E-state index contributed by atoms with van der Waals surface area (Å²) in [6, 6.07) is 0. The van der Waals surface area contributed by atoms with Crippen LogP contribution < -0.4 is 0 Å². The Labute approximate surface area is 89.9 Å². The van der Waals surface area contributed by atoms with E-state index in [9.17, 15) is 8.78 Å². The van der Waals surface area contributed by atoms with E-state index in [0.717, 1.165) is 6.33 Å². The Morgan fingerprint density at radius 3 is 2.80 bits per heavy atom. The number of rotatable bonds is 3. The van der Waals surface area contributed by atoms with Gasteiger partial charge in [0, 0.05) is 11.8 Å². The van der Waals surface area contributed by atoms with E-state index in [4.69, 9.17) is 11.6 Å². The highest BCUT2D eigenvalue weighted by Crippen LogP contribution is 2.32. The van der Waals surface area contributed by atoms with Gasteiger partial charge in [-0.3, -0.25) is 0 Å². The Hall–Kier alpha value is -1.30. The first-order chi connectivity index (χ1) is 6.96. The lowest BCUT2D eigenvalue weighted by molar-refractivity contribution is 0.0895. The summed E-state index contributed by atoms with van der Waals surface area (Å²) in [4.78, 5) is 11.5. The van der Waals surface area contributed by atoms with Crippen molar-refractivity contribution in [3.05, 3.63) is 23.8 Å². The van der Waals surface area contributed by atoms with Crippen LogP contribution in [0.2, 0.25) is 0 Å². The molecule has 82 valence electrons. The molecule has 0 aliphatic rings. The minimum absolute atomic E-state index is 0.0550. The quantitative estimate of drug-likeness (QED) is 0.458. The van der Waals surface area contributed by atoms with E-state index in [1.807, 2.05) is 0 Å². The van der Waals surface area contributed by atoms with Gasteiger partial charge in [-0.05, 0) is 18.5 Å². The number of hydrogen-bond donors (Lipinski definition) is 0. The van der Waals surface area contributed by atoms with Crippen LogP contribution >= 0.6 is 11.6 Å². The van der Waals surface area contributed by atoms with Crippen LogP contribution in [0.15, 0.2) is 17.7 Å². The Balaban J connectivity index is 3.24. The molecule has 0 aliphatic carbocycles. The topological polar surface area (TPSA) is 47.4 Å². The van der Waals surface area contributed by atoms with Crippen molar-refractivity contribution in [2.24, 2.45) is 5.16 Å². The van der Waals surface area contributed by atoms with Crippen molar-refractivity contribution in [2.75, 3.05) is 7.11 Å². The van der Waals surface area contributed by atoms with Crippen LogP contribution in [0, 0.1) is 0 Å². The third-order valence-electron chi connectivity index (χ3n) is 1.60. The average Bonchev–Trinajstić information content (AvgIpc) is 2.17. The van der Waals surface area contributed by atoms with E-state index in [2.05, 4.69) is 20.0 Å². The van der Waals surface area contributed by atoms with E-state index >= 15 is 0 Å². The van der Waals surface area contributed by atoms with Crippen molar-refractivity contribution < 1.29 is 13.6 Å². The zero-order valence-electron chi connectivity index (χ0n) is 8.04. The maximum atomic E-state index is 12.9. The van der Waals surface area contributed by atoms with Crippen molar-refractivity contribution in [2.45, 2.75) is 12.3 Å². The van der Waals surface area contributed by atoms with Gasteiger partial charge in [0.15, 0.2) is 0 Å². The molecule has 1 aromatic heterocycles. The van der Waals surface area contributed by atoms with E-state index < -0.39 is 11.1 Å². The molecule has 0 aliphatic heterocycles. The summed E-state index contributed by atoms with van der Waals surface area (Å²) in [5.41, 5.74) is -0.301. The molecule has 0 fully saturated rings. The Morgan fingerprint density at radius 1 is 1.60 bits per heavy atom. The zero-order valence-corrected chi connectivity index (χ0v) is 8.79. The van der Waals surface area contributed by atoms with Crippen molar-refractivity contribution >= 4 is 17.3 Å². The summed E-state index contributed by atoms with van der Waals surface area (Å²) in [5, 5.41) is -0.0391. The van der Waals surface area contributed by atoms with Gasteiger partial charge in [0.05, 0.1) is 5.71 Å². The summed E-state index contributed by atoms with van der Waals surface area (Å²) >= 11 is 4.89. The first-order valence-corrected chi connectivity index (χ1v) is 4.30. The molecule has 0 saturated carbocycles. The summed E-state index contributed by atoms with van der Waals surface area (Å²) in [6.07, 6.45) is 2.20. The van der Waals surface area contributed by atoms with Crippen molar-refractivity contribution in [3.63, 3.8) is 0 Å². The third kappa shape index (κ3) is 2.82. The highest BCUT2D eigenvalue weighted by atomic mass is 35.5. The van der Waals surface area contributed by atoms with E-state index in [-0.39, 0.29) is 11.3 Å². The lowest BCUT2D eigenvalue weighted by Gasteiger charge is -2.10. The fourth-order valence-corrected chi connectivity index (χ4v) is 1.16. The van der Waals surface area contributed by atoms with Gasteiger partial charge in [0.2, 0.25) is 0 Å². The molecule has 0 radical (unpaired) electrons. The van der Waals surface area contributed by atoms with Gasteiger partial charge in [0.25, 0.3) is 0 Å².